The van der Waals surface area contributed by atoms with E-state index in [0.29, 0.717) is 0 Å². The van der Waals surface area contributed by atoms with Gasteiger partial charge in [0, 0.05) is 27.4 Å². The average molecular weight is 306 g/mol. The smallest absolute Gasteiger partial charge is 0.377 e. The van der Waals surface area contributed by atoms with Gasteiger partial charge in [-0.1, -0.05) is 26.7 Å². The summed E-state index contributed by atoms with van der Waals surface area (Å²) in [5.41, 5.74) is 0. The summed E-state index contributed by atoms with van der Waals surface area (Å²) in [6, 6.07) is 0.909. The summed E-state index contributed by atoms with van der Waals surface area (Å²) in [5, 5.41) is 0. The van der Waals surface area contributed by atoms with Crippen molar-refractivity contribution in [2.75, 3.05) is 41.0 Å². The van der Waals surface area contributed by atoms with Crippen molar-refractivity contribution in [3.05, 3.63) is 0 Å². The first kappa shape index (κ1) is 20.1. The van der Waals surface area contributed by atoms with Gasteiger partial charge in [-0.25, -0.2) is 0 Å². The lowest BCUT2D eigenvalue weighted by atomic mass is 10.2. The van der Waals surface area contributed by atoms with Crippen LogP contribution in [-0.4, -0.2) is 54.7 Å². The van der Waals surface area contributed by atoms with Crippen LogP contribution in [0.2, 0.25) is 6.04 Å². The van der Waals surface area contributed by atoms with Gasteiger partial charge in [-0.15, -0.1) is 0 Å². The first-order valence-electron chi connectivity index (χ1n) is 8.05. The fourth-order valence-electron chi connectivity index (χ4n) is 2.33. The third-order valence-corrected chi connectivity index (χ3v) is 6.63. The summed E-state index contributed by atoms with van der Waals surface area (Å²) in [4.78, 5) is 2.60. The molecule has 5 heteroatoms. The third-order valence-electron chi connectivity index (χ3n) is 3.80. The highest BCUT2D eigenvalue weighted by molar-refractivity contribution is 6.60. The lowest BCUT2D eigenvalue weighted by Crippen LogP contribution is -2.42. The van der Waals surface area contributed by atoms with E-state index in [9.17, 15) is 0 Å². The highest BCUT2D eigenvalue weighted by Gasteiger charge is 2.36. The summed E-state index contributed by atoms with van der Waals surface area (Å²) < 4.78 is 16.4. The second kappa shape index (κ2) is 12.8. The van der Waals surface area contributed by atoms with Crippen LogP contribution in [0.15, 0.2) is 0 Å². The van der Waals surface area contributed by atoms with Gasteiger partial charge in [0.2, 0.25) is 0 Å². The first-order valence-corrected chi connectivity index (χ1v) is 9.99. The minimum absolute atomic E-state index is 0.909. The second-order valence-corrected chi connectivity index (χ2v) is 8.39. The fraction of sp³-hybridized carbons (Fsp3) is 1.00. The predicted octanol–water partition coefficient (Wildman–Crippen LogP) is 3.55. The number of unbranched alkanes of at least 4 members (excludes halogenated alkanes) is 3. The molecule has 0 aromatic heterocycles. The van der Waals surface area contributed by atoms with Crippen LogP contribution in [0, 0.1) is 0 Å². The van der Waals surface area contributed by atoms with Crippen molar-refractivity contribution in [3.63, 3.8) is 0 Å². The van der Waals surface area contributed by atoms with E-state index in [1.165, 1.54) is 51.7 Å². The zero-order valence-electron chi connectivity index (χ0n) is 14.2. The monoisotopic (exact) mass is 305 g/mol. The maximum Gasteiger partial charge on any atom is 0.500 e. The van der Waals surface area contributed by atoms with Crippen LogP contribution in [-0.2, 0) is 13.3 Å². The van der Waals surface area contributed by atoms with Crippen molar-refractivity contribution in [1.82, 2.24) is 4.90 Å². The maximum atomic E-state index is 5.45. The summed E-state index contributed by atoms with van der Waals surface area (Å²) in [6.45, 7) is 8.17. The minimum Gasteiger partial charge on any atom is -0.377 e. The third kappa shape index (κ3) is 8.37. The Balaban J connectivity index is 3.96. The highest BCUT2D eigenvalue weighted by atomic mass is 28.4. The SMILES string of the molecule is CCCCN(CCCC)CCCC[Si](OC)(OC)OC. The van der Waals surface area contributed by atoms with E-state index in [1.54, 1.807) is 21.3 Å². The van der Waals surface area contributed by atoms with Crippen LogP contribution in [0.3, 0.4) is 0 Å². The van der Waals surface area contributed by atoms with Gasteiger partial charge in [0.15, 0.2) is 0 Å². The number of nitrogens with zero attached hydrogens (tertiary/aromatic N) is 1. The van der Waals surface area contributed by atoms with Crippen LogP contribution in [0.1, 0.15) is 52.4 Å². The van der Waals surface area contributed by atoms with E-state index >= 15 is 0 Å². The maximum absolute atomic E-state index is 5.45. The van der Waals surface area contributed by atoms with Gasteiger partial charge < -0.3 is 18.2 Å². The fourth-order valence-corrected chi connectivity index (χ4v) is 4.13. The molecular weight excluding hydrogens is 270 g/mol. The quantitative estimate of drug-likeness (QED) is 0.363. The largest absolute Gasteiger partial charge is 0.500 e. The summed E-state index contributed by atoms with van der Waals surface area (Å²) in [6.07, 6.45) is 7.45. The van der Waals surface area contributed by atoms with E-state index < -0.39 is 8.80 Å². The Labute approximate surface area is 127 Å². The normalized spacial score (nSPS) is 12.3. The molecule has 0 aliphatic carbocycles. The molecule has 0 atom stereocenters. The molecule has 0 spiro atoms. The van der Waals surface area contributed by atoms with E-state index in [0.717, 1.165) is 12.5 Å². The van der Waals surface area contributed by atoms with Crippen molar-refractivity contribution < 1.29 is 13.3 Å². The van der Waals surface area contributed by atoms with Crippen molar-refractivity contribution >= 4 is 8.80 Å². The molecule has 4 nitrogen and oxygen atoms in total. The minimum atomic E-state index is -2.36. The highest BCUT2D eigenvalue weighted by Crippen LogP contribution is 2.16. The Kier molecular flexibility index (Phi) is 12.8. The molecule has 0 radical (unpaired) electrons. The Bertz CT molecular complexity index is 197. The lowest BCUT2D eigenvalue weighted by molar-refractivity contribution is 0.122. The van der Waals surface area contributed by atoms with Crippen molar-refractivity contribution in [3.8, 4) is 0 Å². The molecule has 0 bridgehead atoms. The zero-order valence-corrected chi connectivity index (χ0v) is 15.2. The predicted molar refractivity (Wildman–Crippen MR) is 87.1 cm³/mol. The van der Waals surface area contributed by atoms with Crippen LogP contribution in [0.5, 0.6) is 0 Å². The molecule has 20 heavy (non-hydrogen) atoms. The van der Waals surface area contributed by atoms with Crippen molar-refractivity contribution in [2.45, 2.75) is 58.4 Å². The molecule has 0 heterocycles. The molecule has 0 aliphatic heterocycles. The summed E-state index contributed by atoms with van der Waals surface area (Å²) in [7, 11) is 2.71. The van der Waals surface area contributed by atoms with E-state index in [4.69, 9.17) is 13.3 Å². The molecule has 0 aliphatic rings. The van der Waals surface area contributed by atoms with Crippen molar-refractivity contribution in [2.24, 2.45) is 0 Å². The molecule has 0 fully saturated rings. The van der Waals surface area contributed by atoms with Gasteiger partial charge in [-0.3, -0.25) is 0 Å². The number of hydrogen-bond acceptors (Lipinski definition) is 4. The zero-order chi connectivity index (χ0) is 15.3. The standard InChI is InChI=1S/C15H35NO3Si/c1-6-8-12-16(13-9-7-2)14-10-11-15-20(17-3,18-4)19-5/h6-15H2,1-5H3. The lowest BCUT2D eigenvalue weighted by Gasteiger charge is -2.25. The summed E-state index contributed by atoms with van der Waals surface area (Å²) in [5.74, 6) is 0. The van der Waals surface area contributed by atoms with Gasteiger partial charge in [0.25, 0.3) is 0 Å². The Morgan fingerprint density at radius 3 is 1.55 bits per heavy atom. The Morgan fingerprint density at radius 1 is 0.700 bits per heavy atom. The molecule has 122 valence electrons. The van der Waals surface area contributed by atoms with Crippen LogP contribution >= 0.6 is 0 Å². The van der Waals surface area contributed by atoms with Crippen LogP contribution in [0.4, 0.5) is 0 Å². The summed E-state index contributed by atoms with van der Waals surface area (Å²) >= 11 is 0. The Morgan fingerprint density at radius 2 is 1.15 bits per heavy atom. The topological polar surface area (TPSA) is 30.9 Å². The van der Waals surface area contributed by atoms with Crippen molar-refractivity contribution in [1.29, 1.82) is 0 Å². The van der Waals surface area contributed by atoms with Gasteiger partial charge >= 0.3 is 8.80 Å². The van der Waals surface area contributed by atoms with Gasteiger partial charge in [0.1, 0.15) is 0 Å². The molecule has 0 unspecified atom stereocenters. The van der Waals surface area contributed by atoms with E-state index in [2.05, 4.69) is 18.7 Å². The van der Waals surface area contributed by atoms with Gasteiger partial charge in [-0.05, 0) is 45.3 Å². The van der Waals surface area contributed by atoms with Gasteiger partial charge in [-0.2, -0.15) is 0 Å². The molecule has 0 saturated carbocycles. The number of rotatable bonds is 14. The molecule has 0 aromatic rings. The average Bonchev–Trinajstić information content (AvgIpc) is 2.50. The van der Waals surface area contributed by atoms with E-state index in [-0.39, 0.29) is 0 Å². The molecule has 0 N–H and O–H groups in total. The molecule has 0 rings (SSSR count). The molecular formula is C15H35NO3Si. The Hall–Kier alpha value is 0.0569. The van der Waals surface area contributed by atoms with Gasteiger partial charge in [0.05, 0.1) is 0 Å². The number of hydrogen-bond donors (Lipinski definition) is 0. The van der Waals surface area contributed by atoms with Crippen LogP contribution in [0.25, 0.3) is 0 Å². The molecule has 0 aromatic carbocycles. The molecule has 0 amide bonds. The second-order valence-electron chi connectivity index (χ2n) is 5.30. The first-order chi connectivity index (χ1) is 9.67. The van der Waals surface area contributed by atoms with Crippen LogP contribution < -0.4 is 0 Å². The molecule has 0 saturated heterocycles. The van der Waals surface area contributed by atoms with E-state index in [1.807, 2.05) is 0 Å².